The van der Waals surface area contributed by atoms with Crippen molar-refractivity contribution in [2.75, 3.05) is 39.9 Å². The van der Waals surface area contributed by atoms with Crippen LogP contribution in [0.1, 0.15) is 55.7 Å². The maximum atomic E-state index is 12.8. The van der Waals surface area contributed by atoms with Gasteiger partial charge in [0.05, 0.1) is 20.3 Å². The van der Waals surface area contributed by atoms with Crippen molar-refractivity contribution in [3.05, 3.63) is 71.8 Å². The molecule has 2 aromatic rings. The lowest BCUT2D eigenvalue weighted by Gasteiger charge is -2.13. The van der Waals surface area contributed by atoms with Gasteiger partial charge in [-0.05, 0) is 55.2 Å². The lowest BCUT2D eigenvalue weighted by Crippen LogP contribution is -2.18. The number of nitrogen functional groups attached to an aromatic ring is 1. The predicted molar refractivity (Wildman–Crippen MR) is 143 cm³/mol. The standard InChI is InChI=1S/C26H34N2O5.C2H6/c1-7-10-20(33-16-15-30-5)14-13-18(3)24-22(17-28(27)25(24)26(29)32-8-2)21-11-9-12-23(31-6)19(21)4;1-2/h9-14,17H,3,7-8,15-16,27H2,1-2,4-6H3;1-2H3/b14-13-,20-10+;. The Kier molecular flexibility index (Phi) is 13.1. The van der Waals surface area contributed by atoms with E-state index in [-0.39, 0.29) is 12.3 Å². The molecule has 0 aliphatic rings. The second kappa shape index (κ2) is 15.5. The van der Waals surface area contributed by atoms with Gasteiger partial charge in [-0.25, -0.2) is 4.79 Å². The van der Waals surface area contributed by atoms with Crippen molar-refractivity contribution in [3.8, 4) is 16.9 Å². The van der Waals surface area contributed by atoms with Crippen LogP contribution in [0.5, 0.6) is 5.75 Å². The van der Waals surface area contributed by atoms with E-state index in [9.17, 15) is 4.79 Å². The molecule has 0 bridgehead atoms. The SMILES string of the molecule is C=C(/C=C\C(=C/CC)OCCOC)c1c(-c2cccc(OC)c2C)cn(N)c1C(=O)OCC.CC. The quantitative estimate of drug-likeness (QED) is 0.132. The van der Waals surface area contributed by atoms with E-state index >= 15 is 0 Å². The number of esters is 1. The van der Waals surface area contributed by atoms with E-state index in [2.05, 4.69) is 6.58 Å². The fraction of sp³-hybridized carbons (Fsp3) is 0.393. The molecule has 1 aromatic heterocycles. The van der Waals surface area contributed by atoms with E-state index < -0.39 is 5.97 Å². The highest BCUT2D eigenvalue weighted by Crippen LogP contribution is 2.37. The molecule has 0 unspecified atom stereocenters. The number of hydrogen-bond donors (Lipinski definition) is 1. The van der Waals surface area contributed by atoms with Crippen LogP contribution >= 0.6 is 0 Å². The number of methoxy groups -OCH3 is 2. The van der Waals surface area contributed by atoms with Crippen molar-refractivity contribution < 1.29 is 23.7 Å². The summed E-state index contributed by atoms with van der Waals surface area (Å²) in [6.45, 7) is 15.1. The lowest BCUT2D eigenvalue weighted by atomic mass is 9.94. The van der Waals surface area contributed by atoms with Crippen LogP contribution in [0.25, 0.3) is 16.7 Å². The second-order valence-corrected chi connectivity index (χ2v) is 7.24. The van der Waals surface area contributed by atoms with Crippen LogP contribution in [-0.2, 0) is 14.2 Å². The van der Waals surface area contributed by atoms with Crippen LogP contribution in [0.3, 0.4) is 0 Å². The fourth-order valence-corrected chi connectivity index (χ4v) is 3.47. The average Bonchev–Trinajstić information content (AvgIpc) is 3.21. The Hall–Kier alpha value is -3.45. The van der Waals surface area contributed by atoms with Crippen LogP contribution in [-0.4, -0.2) is 44.7 Å². The largest absolute Gasteiger partial charge is 0.496 e. The van der Waals surface area contributed by atoms with Gasteiger partial charge in [-0.3, -0.25) is 4.68 Å². The number of ether oxygens (including phenoxy) is 4. The van der Waals surface area contributed by atoms with E-state index in [4.69, 9.17) is 24.8 Å². The minimum Gasteiger partial charge on any atom is -0.496 e. The van der Waals surface area contributed by atoms with Crippen molar-refractivity contribution in [2.45, 2.75) is 41.0 Å². The minimum atomic E-state index is -0.517. The summed E-state index contributed by atoms with van der Waals surface area (Å²) in [6.07, 6.45) is 8.12. The first kappa shape index (κ1) is 29.6. The lowest BCUT2D eigenvalue weighted by molar-refractivity contribution is 0.0516. The van der Waals surface area contributed by atoms with Gasteiger partial charge >= 0.3 is 5.97 Å². The molecule has 1 aromatic carbocycles. The van der Waals surface area contributed by atoms with Crippen LogP contribution < -0.4 is 10.6 Å². The number of hydrogen-bond acceptors (Lipinski definition) is 6. The van der Waals surface area contributed by atoms with Crippen molar-refractivity contribution in [1.29, 1.82) is 0 Å². The Morgan fingerprint density at radius 1 is 1.09 bits per heavy atom. The summed E-state index contributed by atoms with van der Waals surface area (Å²) in [7, 11) is 3.25. The summed E-state index contributed by atoms with van der Waals surface area (Å²) in [5, 5.41) is 0. The summed E-state index contributed by atoms with van der Waals surface area (Å²) in [5.74, 6) is 7.14. The topological polar surface area (TPSA) is 84.9 Å². The molecular weight excluding hydrogens is 444 g/mol. The smallest absolute Gasteiger partial charge is 0.357 e. The van der Waals surface area contributed by atoms with E-state index in [1.165, 1.54) is 4.68 Å². The van der Waals surface area contributed by atoms with E-state index in [1.54, 1.807) is 27.3 Å². The van der Waals surface area contributed by atoms with Crippen LogP contribution in [0.2, 0.25) is 0 Å². The molecule has 192 valence electrons. The van der Waals surface area contributed by atoms with Gasteiger partial charge in [0.25, 0.3) is 0 Å². The molecule has 0 radical (unpaired) electrons. The second-order valence-electron chi connectivity index (χ2n) is 7.24. The van der Waals surface area contributed by atoms with E-state index in [1.807, 2.05) is 64.1 Å². The monoisotopic (exact) mass is 484 g/mol. The first-order valence-electron chi connectivity index (χ1n) is 11.9. The summed E-state index contributed by atoms with van der Waals surface area (Å²) in [4.78, 5) is 12.8. The van der Waals surface area contributed by atoms with Crippen molar-refractivity contribution in [1.82, 2.24) is 4.68 Å². The Bertz CT molecular complexity index is 1030. The third kappa shape index (κ3) is 7.79. The first-order valence-corrected chi connectivity index (χ1v) is 11.9. The van der Waals surface area contributed by atoms with Gasteiger partial charge in [0.1, 0.15) is 18.1 Å². The highest BCUT2D eigenvalue weighted by atomic mass is 16.5. The molecule has 0 saturated carbocycles. The molecule has 1 heterocycles. The van der Waals surface area contributed by atoms with Gasteiger partial charge < -0.3 is 24.8 Å². The van der Waals surface area contributed by atoms with Crippen molar-refractivity contribution in [2.24, 2.45) is 0 Å². The molecule has 7 heteroatoms. The summed E-state index contributed by atoms with van der Waals surface area (Å²) in [6, 6.07) is 5.74. The highest BCUT2D eigenvalue weighted by molar-refractivity contribution is 6.00. The molecule has 0 aliphatic carbocycles. The fourth-order valence-electron chi connectivity index (χ4n) is 3.47. The van der Waals surface area contributed by atoms with Crippen molar-refractivity contribution in [3.63, 3.8) is 0 Å². The molecule has 0 fully saturated rings. The number of carbonyl (C=O) groups is 1. The molecule has 0 amide bonds. The molecule has 2 rings (SSSR count). The molecule has 7 nitrogen and oxygen atoms in total. The predicted octanol–water partition coefficient (Wildman–Crippen LogP) is 5.92. The Balaban J connectivity index is 0.00000298. The Labute approximate surface area is 209 Å². The first-order chi connectivity index (χ1) is 16.9. The molecule has 0 spiro atoms. The molecule has 2 N–H and O–H groups in total. The maximum absolute atomic E-state index is 12.8. The molecule has 0 aliphatic heterocycles. The van der Waals surface area contributed by atoms with Gasteiger partial charge in [0.15, 0.2) is 5.69 Å². The van der Waals surface area contributed by atoms with E-state index in [0.29, 0.717) is 30.1 Å². The van der Waals surface area contributed by atoms with Crippen LogP contribution in [0, 0.1) is 6.92 Å². The Morgan fingerprint density at radius 2 is 1.80 bits per heavy atom. The minimum absolute atomic E-state index is 0.227. The number of allylic oxidation sites excluding steroid dienone is 4. The number of nitrogens with two attached hydrogens (primary N) is 1. The number of aromatic nitrogens is 1. The molecule has 0 atom stereocenters. The summed E-state index contributed by atoms with van der Waals surface area (Å²) in [5.41, 5.74) is 3.98. The maximum Gasteiger partial charge on any atom is 0.357 e. The van der Waals surface area contributed by atoms with Crippen LogP contribution in [0.15, 0.2) is 55.0 Å². The van der Waals surface area contributed by atoms with Gasteiger partial charge in [-0.2, -0.15) is 0 Å². The number of benzene rings is 1. The molecule has 0 saturated heterocycles. The summed E-state index contributed by atoms with van der Waals surface area (Å²) >= 11 is 0. The zero-order valence-corrected chi connectivity index (χ0v) is 22.1. The van der Waals surface area contributed by atoms with Gasteiger partial charge in [0, 0.05) is 24.4 Å². The van der Waals surface area contributed by atoms with Gasteiger partial charge in [-0.1, -0.05) is 45.6 Å². The Morgan fingerprint density at radius 3 is 2.40 bits per heavy atom. The number of nitrogens with zero attached hydrogens (tertiary/aromatic N) is 1. The van der Waals surface area contributed by atoms with Crippen LogP contribution in [0.4, 0.5) is 0 Å². The normalized spacial score (nSPS) is 11.1. The number of carbonyl (C=O) groups excluding carboxylic acids is 1. The molecule has 35 heavy (non-hydrogen) atoms. The number of rotatable bonds is 12. The third-order valence-electron chi connectivity index (χ3n) is 5.03. The van der Waals surface area contributed by atoms with Crippen molar-refractivity contribution >= 4 is 11.5 Å². The summed E-state index contributed by atoms with van der Waals surface area (Å²) < 4.78 is 22.9. The van der Waals surface area contributed by atoms with Gasteiger partial charge in [-0.15, -0.1) is 0 Å². The zero-order valence-electron chi connectivity index (χ0n) is 22.1. The van der Waals surface area contributed by atoms with E-state index in [0.717, 1.165) is 28.9 Å². The zero-order chi connectivity index (χ0) is 26.4. The van der Waals surface area contributed by atoms with Gasteiger partial charge in [0.2, 0.25) is 0 Å². The highest BCUT2D eigenvalue weighted by Gasteiger charge is 2.25. The molecular formula is C28H40N2O5. The third-order valence-corrected chi connectivity index (χ3v) is 5.03. The average molecular weight is 485 g/mol.